The van der Waals surface area contributed by atoms with Crippen molar-refractivity contribution in [2.45, 2.75) is 32.7 Å². The lowest BCUT2D eigenvalue weighted by Gasteiger charge is -2.30. The molecule has 1 saturated heterocycles. The Morgan fingerprint density at radius 1 is 1.10 bits per heavy atom. The van der Waals surface area contributed by atoms with E-state index in [-0.39, 0.29) is 11.8 Å². The number of piperidine rings is 1. The van der Waals surface area contributed by atoms with Gasteiger partial charge in [-0.2, -0.15) is 4.98 Å². The number of benzene rings is 2. The first kappa shape index (κ1) is 19.3. The molecule has 1 aliphatic heterocycles. The summed E-state index contributed by atoms with van der Waals surface area (Å²) in [6, 6.07) is 17.9. The molecule has 0 unspecified atom stereocenters. The molecular weight excluding hydrogens is 364 g/mol. The summed E-state index contributed by atoms with van der Waals surface area (Å²) in [5.41, 5.74) is 3.11. The molecule has 2 heterocycles. The minimum Gasteiger partial charge on any atom is -0.338 e. The highest BCUT2D eigenvalue weighted by molar-refractivity contribution is 5.92. The summed E-state index contributed by atoms with van der Waals surface area (Å²) in [6.45, 7) is 4.44. The van der Waals surface area contributed by atoms with E-state index >= 15 is 0 Å². The van der Waals surface area contributed by atoms with Crippen LogP contribution in [0.15, 0.2) is 59.1 Å². The highest BCUT2D eigenvalue weighted by Gasteiger charge is 2.26. The number of nitrogens with one attached hydrogen (secondary N) is 1. The molecule has 0 bridgehead atoms. The van der Waals surface area contributed by atoms with E-state index in [1.54, 1.807) is 0 Å². The number of likely N-dealkylation sites (tertiary alicyclic amines) is 1. The molecule has 0 spiro atoms. The minimum absolute atomic E-state index is 0.0433. The summed E-state index contributed by atoms with van der Waals surface area (Å²) in [5, 5.41) is 7.13. The van der Waals surface area contributed by atoms with Crippen molar-refractivity contribution in [3.05, 3.63) is 66.1 Å². The molecule has 4 rings (SSSR count). The topological polar surface area (TPSA) is 71.3 Å². The van der Waals surface area contributed by atoms with Gasteiger partial charge in [0.1, 0.15) is 0 Å². The molecule has 0 saturated carbocycles. The van der Waals surface area contributed by atoms with E-state index in [9.17, 15) is 4.79 Å². The molecule has 0 atom stereocenters. The second-order valence-electron chi connectivity index (χ2n) is 7.47. The molecule has 1 N–H and O–H groups in total. The average Bonchev–Trinajstić information content (AvgIpc) is 3.23. The SMILES string of the molecule is CCc1ccc(-c2noc(CN3CCC(C(=O)Nc4ccccc4)CC3)n2)cc1. The van der Waals surface area contributed by atoms with Crippen LogP contribution in [0.25, 0.3) is 11.4 Å². The minimum atomic E-state index is 0.0433. The number of hydrogen-bond donors (Lipinski definition) is 1. The van der Waals surface area contributed by atoms with Crippen LogP contribution in [0.3, 0.4) is 0 Å². The van der Waals surface area contributed by atoms with Crippen molar-refractivity contribution in [1.82, 2.24) is 15.0 Å². The van der Waals surface area contributed by atoms with Gasteiger partial charge in [0, 0.05) is 17.2 Å². The van der Waals surface area contributed by atoms with E-state index in [0.717, 1.165) is 43.6 Å². The second kappa shape index (κ2) is 9.01. The summed E-state index contributed by atoms with van der Waals surface area (Å²) in [7, 11) is 0. The van der Waals surface area contributed by atoms with Crippen molar-refractivity contribution in [3.8, 4) is 11.4 Å². The largest absolute Gasteiger partial charge is 0.338 e. The number of carbonyl (C=O) groups excluding carboxylic acids is 1. The lowest BCUT2D eigenvalue weighted by molar-refractivity contribution is -0.121. The Morgan fingerprint density at radius 2 is 1.83 bits per heavy atom. The number of hydrogen-bond acceptors (Lipinski definition) is 5. The van der Waals surface area contributed by atoms with Crippen molar-refractivity contribution in [2.75, 3.05) is 18.4 Å². The van der Waals surface area contributed by atoms with Gasteiger partial charge in [-0.15, -0.1) is 0 Å². The van der Waals surface area contributed by atoms with E-state index in [2.05, 4.69) is 39.4 Å². The van der Waals surface area contributed by atoms with Crippen molar-refractivity contribution in [2.24, 2.45) is 5.92 Å². The molecule has 3 aromatic rings. The Balaban J connectivity index is 1.28. The number of anilines is 1. The predicted octanol–water partition coefficient (Wildman–Crippen LogP) is 4.15. The third-order valence-electron chi connectivity index (χ3n) is 5.45. The number of aryl methyl sites for hydroxylation is 1. The van der Waals surface area contributed by atoms with Crippen LogP contribution in [0.5, 0.6) is 0 Å². The zero-order valence-electron chi connectivity index (χ0n) is 16.7. The fourth-order valence-electron chi connectivity index (χ4n) is 3.64. The van der Waals surface area contributed by atoms with Crippen LogP contribution in [-0.2, 0) is 17.8 Å². The summed E-state index contributed by atoms with van der Waals surface area (Å²) in [4.78, 5) is 19.3. The van der Waals surface area contributed by atoms with Gasteiger partial charge in [-0.1, -0.05) is 54.5 Å². The van der Waals surface area contributed by atoms with Crippen LogP contribution >= 0.6 is 0 Å². The number of carbonyl (C=O) groups is 1. The van der Waals surface area contributed by atoms with E-state index in [1.165, 1.54) is 5.56 Å². The van der Waals surface area contributed by atoms with Crippen molar-refractivity contribution in [1.29, 1.82) is 0 Å². The number of aromatic nitrogens is 2. The molecule has 1 aromatic heterocycles. The lowest BCUT2D eigenvalue weighted by atomic mass is 9.96. The standard InChI is InChI=1S/C23H26N4O2/c1-2-17-8-10-18(11-9-17)22-25-21(29-26-22)16-27-14-12-19(13-15-27)23(28)24-20-6-4-3-5-7-20/h3-11,19H,2,12-16H2,1H3,(H,24,28). The molecule has 0 radical (unpaired) electrons. The Labute approximate surface area is 170 Å². The third kappa shape index (κ3) is 4.90. The van der Waals surface area contributed by atoms with Crippen LogP contribution < -0.4 is 5.32 Å². The molecule has 1 aliphatic rings. The quantitative estimate of drug-likeness (QED) is 0.685. The van der Waals surface area contributed by atoms with Crippen LogP contribution in [0.2, 0.25) is 0 Å². The highest BCUT2D eigenvalue weighted by Crippen LogP contribution is 2.22. The van der Waals surface area contributed by atoms with Gasteiger partial charge in [-0.05, 0) is 50.0 Å². The van der Waals surface area contributed by atoms with Crippen LogP contribution in [0, 0.1) is 5.92 Å². The van der Waals surface area contributed by atoms with Crippen molar-refractivity contribution in [3.63, 3.8) is 0 Å². The maximum atomic E-state index is 12.5. The van der Waals surface area contributed by atoms with E-state index in [0.29, 0.717) is 18.3 Å². The number of amides is 1. The zero-order chi connectivity index (χ0) is 20.1. The average molecular weight is 390 g/mol. The van der Waals surface area contributed by atoms with Gasteiger partial charge in [0.2, 0.25) is 17.6 Å². The summed E-state index contributed by atoms with van der Waals surface area (Å²) >= 11 is 0. The number of para-hydroxylation sites is 1. The van der Waals surface area contributed by atoms with Crippen LogP contribution in [0.1, 0.15) is 31.2 Å². The first-order valence-corrected chi connectivity index (χ1v) is 10.2. The zero-order valence-corrected chi connectivity index (χ0v) is 16.7. The molecule has 2 aromatic carbocycles. The molecule has 6 heteroatoms. The number of rotatable bonds is 6. The molecule has 6 nitrogen and oxygen atoms in total. The van der Waals surface area contributed by atoms with Gasteiger partial charge in [-0.3, -0.25) is 9.69 Å². The fourth-order valence-corrected chi connectivity index (χ4v) is 3.64. The highest BCUT2D eigenvalue weighted by atomic mass is 16.5. The summed E-state index contributed by atoms with van der Waals surface area (Å²) in [6.07, 6.45) is 2.67. The molecule has 0 aliphatic carbocycles. The Kier molecular flexibility index (Phi) is 6.00. The van der Waals surface area contributed by atoms with E-state index < -0.39 is 0 Å². The number of nitrogens with zero attached hydrogens (tertiary/aromatic N) is 3. The molecule has 1 amide bonds. The van der Waals surface area contributed by atoms with Gasteiger partial charge in [-0.25, -0.2) is 0 Å². The van der Waals surface area contributed by atoms with Crippen LogP contribution in [-0.4, -0.2) is 34.0 Å². The molecule has 29 heavy (non-hydrogen) atoms. The Hall–Kier alpha value is -2.99. The monoisotopic (exact) mass is 390 g/mol. The molecule has 150 valence electrons. The van der Waals surface area contributed by atoms with Crippen LogP contribution in [0.4, 0.5) is 5.69 Å². The van der Waals surface area contributed by atoms with Gasteiger partial charge >= 0.3 is 0 Å². The first-order chi connectivity index (χ1) is 14.2. The van der Waals surface area contributed by atoms with E-state index in [1.807, 2.05) is 42.5 Å². The van der Waals surface area contributed by atoms with Gasteiger partial charge < -0.3 is 9.84 Å². The van der Waals surface area contributed by atoms with Crippen molar-refractivity contribution < 1.29 is 9.32 Å². The first-order valence-electron chi connectivity index (χ1n) is 10.2. The van der Waals surface area contributed by atoms with E-state index in [4.69, 9.17) is 4.52 Å². The van der Waals surface area contributed by atoms with Gasteiger partial charge in [0.05, 0.1) is 6.54 Å². The van der Waals surface area contributed by atoms with Crippen molar-refractivity contribution >= 4 is 11.6 Å². The second-order valence-corrected chi connectivity index (χ2v) is 7.47. The summed E-state index contributed by atoms with van der Waals surface area (Å²) in [5.74, 6) is 1.39. The van der Waals surface area contributed by atoms with Gasteiger partial charge in [0.25, 0.3) is 0 Å². The molecular formula is C23H26N4O2. The Morgan fingerprint density at radius 3 is 2.52 bits per heavy atom. The smallest absolute Gasteiger partial charge is 0.241 e. The maximum absolute atomic E-state index is 12.5. The Bertz CT molecular complexity index is 929. The molecule has 1 fully saturated rings. The van der Waals surface area contributed by atoms with Gasteiger partial charge in [0.15, 0.2) is 0 Å². The lowest BCUT2D eigenvalue weighted by Crippen LogP contribution is -2.37. The predicted molar refractivity (Wildman–Crippen MR) is 112 cm³/mol. The summed E-state index contributed by atoms with van der Waals surface area (Å²) < 4.78 is 5.45. The normalized spacial score (nSPS) is 15.3. The fraction of sp³-hybridized carbons (Fsp3) is 0.348. The maximum Gasteiger partial charge on any atom is 0.241 e. The third-order valence-corrected chi connectivity index (χ3v) is 5.45.